The molecule has 22 heavy (non-hydrogen) atoms. The molecule has 116 valence electrons. The summed E-state index contributed by atoms with van der Waals surface area (Å²) in [6.07, 6.45) is 3.01. The van der Waals surface area contributed by atoms with Gasteiger partial charge < -0.3 is 0 Å². The maximum Gasteiger partial charge on any atom is 0.243 e. The van der Waals surface area contributed by atoms with E-state index in [-0.39, 0.29) is 0 Å². The number of benzene rings is 1. The van der Waals surface area contributed by atoms with Crippen LogP contribution < -0.4 is 0 Å². The highest BCUT2D eigenvalue weighted by molar-refractivity contribution is 7.89. The van der Waals surface area contributed by atoms with Gasteiger partial charge in [-0.05, 0) is 44.0 Å². The molecule has 1 aromatic carbocycles. The topological polar surface area (TPSA) is 50.3 Å². The maximum atomic E-state index is 12.6. The van der Waals surface area contributed by atoms with Crippen LogP contribution in [0.15, 0.2) is 47.4 Å². The highest BCUT2D eigenvalue weighted by atomic mass is 32.2. The van der Waals surface area contributed by atoms with Gasteiger partial charge in [-0.3, -0.25) is 4.98 Å². The molecule has 0 aliphatic carbocycles. The van der Waals surface area contributed by atoms with Crippen molar-refractivity contribution in [2.75, 3.05) is 13.1 Å². The molecule has 4 nitrogen and oxygen atoms in total. The van der Waals surface area contributed by atoms with E-state index in [0.717, 1.165) is 36.2 Å². The highest BCUT2D eigenvalue weighted by Gasteiger charge is 2.25. The number of aryl methyl sites for hydroxylation is 1. The number of hydrogen-bond donors (Lipinski definition) is 0. The molecule has 2 heterocycles. The van der Waals surface area contributed by atoms with Crippen molar-refractivity contribution in [1.29, 1.82) is 0 Å². The van der Waals surface area contributed by atoms with E-state index in [9.17, 15) is 8.42 Å². The molecule has 3 rings (SSSR count). The second-order valence-corrected chi connectivity index (χ2v) is 7.59. The minimum atomic E-state index is -3.36. The molecule has 0 atom stereocenters. The lowest BCUT2D eigenvalue weighted by Gasteiger charge is -2.25. The van der Waals surface area contributed by atoms with E-state index in [1.165, 1.54) is 0 Å². The van der Waals surface area contributed by atoms with Gasteiger partial charge in [-0.15, -0.1) is 0 Å². The molecule has 0 unspecified atom stereocenters. The summed E-state index contributed by atoms with van der Waals surface area (Å²) in [7, 11) is -3.36. The molecule has 0 spiro atoms. The Balaban J connectivity index is 1.87. The van der Waals surface area contributed by atoms with Crippen LogP contribution in [0.2, 0.25) is 0 Å². The first-order chi connectivity index (χ1) is 10.6. The summed E-state index contributed by atoms with van der Waals surface area (Å²) in [5, 5.41) is 0. The molecular formula is C17H20N2O2S. The largest absolute Gasteiger partial charge is 0.253 e. The monoisotopic (exact) mass is 316 g/mol. The third kappa shape index (κ3) is 3.05. The highest BCUT2D eigenvalue weighted by Crippen LogP contribution is 2.23. The summed E-state index contributed by atoms with van der Waals surface area (Å²) >= 11 is 0. The number of pyridine rings is 1. The number of nitrogens with zero attached hydrogens (tertiary/aromatic N) is 2. The predicted molar refractivity (Wildman–Crippen MR) is 87.0 cm³/mol. The molecule has 0 bridgehead atoms. The van der Waals surface area contributed by atoms with Gasteiger partial charge in [-0.25, -0.2) is 8.42 Å². The first-order valence-corrected chi connectivity index (χ1v) is 9.06. The molecule has 0 amide bonds. The third-order valence-electron chi connectivity index (χ3n) is 3.99. The summed E-state index contributed by atoms with van der Waals surface area (Å²) in [5.41, 5.74) is 2.74. The zero-order chi connectivity index (χ0) is 15.6. The first-order valence-electron chi connectivity index (χ1n) is 7.62. The maximum absolute atomic E-state index is 12.6. The van der Waals surface area contributed by atoms with E-state index in [0.29, 0.717) is 18.0 Å². The van der Waals surface area contributed by atoms with E-state index < -0.39 is 10.0 Å². The third-order valence-corrected chi connectivity index (χ3v) is 5.90. The average Bonchev–Trinajstić information content (AvgIpc) is 2.56. The van der Waals surface area contributed by atoms with Gasteiger partial charge in [0.15, 0.2) is 0 Å². The van der Waals surface area contributed by atoms with Gasteiger partial charge in [-0.1, -0.05) is 24.6 Å². The van der Waals surface area contributed by atoms with Crippen molar-refractivity contribution in [3.8, 4) is 11.3 Å². The molecular weight excluding hydrogens is 296 g/mol. The summed E-state index contributed by atoms with van der Waals surface area (Å²) in [5.74, 6) is 0. The van der Waals surface area contributed by atoms with E-state index >= 15 is 0 Å². The summed E-state index contributed by atoms with van der Waals surface area (Å²) in [6.45, 7) is 3.20. The van der Waals surface area contributed by atoms with E-state index in [1.54, 1.807) is 16.4 Å². The first kappa shape index (κ1) is 15.2. The quantitative estimate of drug-likeness (QED) is 0.873. The Labute approximate surface area is 131 Å². The van der Waals surface area contributed by atoms with E-state index in [4.69, 9.17) is 0 Å². The van der Waals surface area contributed by atoms with Crippen molar-refractivity contribution in [1.82, 2.24) is 9.29 Å². The second-order valence-electron chi connectivity index (χ2n) is 5.65. The van der Waals surface area contributed by atoms with Crippen LogP contribution in [0, 0.1) is 6.92 Å². The smallest absolute Gasteiger partial charge is 0.243 e. The van der Waals surface area contributed by atoms with Gasteiger partial charge in [0.1, 0.15) is 0 Å². The van der Waals surface area contributed by atoms with Gasteiger partial charge >= 0.3 is 0 Å². The Hall–Kier alpha value is -1.72. The van der Waals surface area contributed by atoms with E-state index in [1.807, 2.05) is 37.3 Å². The van der Waals surface area contributed by atoms with Crippen LogP contribution in [0.4, 0.5) is 0 Å². The molecule has 1 aromatic heterocycles. The van der Waals surface area contributed by atoms with Crippen molar-refractivity contribution in [2.24, 2.45) is 0 Å². The molecule has 2 aromatic rings. The summed E-state index contributed by atoms with van der Waals surface area (Å²) in [6, 6.07) is 12.9. The van der Waals surface area contributed by atoms with Crippen LogP contribution in [-0.4, -0.2) is 30.8 Å². The normalized spacial score (nSPS) is 16.6. The molecule has 1 aliphatic heterocycles. The Morgan fingerprint density at radius 1 is 0.955 bits per heavy atom. The fourth-order valence-electron chi connectivity index (χ4n) is 2.76. The summed E-state index contributed by atoms with van der Waals surface area (Å²) < 4.78 is 26.8. The van der Waals surface area contributed by atoms with Gasteiger partial charge in [-0.2, -0.15) is 4.31 Å². The van der Waals surface area contributed by atoms with Crippen LogP contribution >= 0.6 is 0 Å². The fourth-order valence-corrected chi connectivity index (χ4v) is 4.27. The minimum Gasteiger partial charge on any atom is -0.253 e. The Morgan fingerprint density at radius 3 is 2.27 bits per heavy atom. The number of sulfonamides is 1. The molecule has 1 fully saturated rings. The molecule has 0 saturated carbocycles. The average molecular weight is 316 g/mol. The van der Waals surface area contributed by atoms with Gasteiger partial charge in [0.05, 0.1) is 10.6 Å². The summed E-state index contributed by atoms with van der Waals surface area (Å²) in [4.78, 5) is 4.83. The Bertz CT molecular complexity index is 748. The Morgan fingerprint density at radius 2 is 1.64 bits per heavy atom. The number of piperidine rings is 1. The molecule has 0 radical (unpaired) electrons. The van der Waals surface area contributed by atoms with Crippen molar-refractivity contribution < 1.29 is 8.42 Å². The van der Waals surface area contributed by atoms with Crippen LogP contribution in [0.3, 0.4) is 0 Å². The van der Waals surface area contributed by atoms with Crippen LogP contribution in [0.25, 0.3) is 11.3 Å². The molecule has 1 aliphatic rings. The zero-order valence-corrected chi connectivity index (χ0v) is 13.5. The van der Waals surface area contributed by atoms with Gasteiger partial charge in [0, 0.05) is 24.3 Å². The van der Waals surface area contributed by atoms with Crippen molar-refractivity contribution in [2.45, 2.75) is 31.1 Å². The second kappa shape index (κ2) is 6.18. The standard InChI is InChI=1S/C17H20N2O2S/c1-14-6-5-7-17(18-14)15-8-10-16(11-9-15)22(20,21)19-12-3-2-4-13-19/h5-11H,2-4,12-13H2,1H3. The lowest BCUT2D eigenvalue weighted by Crippen LogP contribution is -2.35. The van der Waals surface area contributed by atoms with Gasteiger partial charge in [0.2, 0.25) is 10.0 Å². The lowest BCUT2D eigenvalue weighted by molar-refractivity contribution is 0.346. The molecule has 1 saturated heterocycles. The SMILES string of the molecule is Cc1cccc(-c2ccc(S(=O)(=O)N3CCCCC3)cc2)n1. The van der Waals surface area contributed by atoms with Crippen molar-refractivity contribution >= 4 is 10.0 Å². The van der Waals surface area contributed by atoms with Crippen LogP contribution in [-0.2, 0) is 10.0 Å². The van der Waals surface area contributed by atoms with Crippen molar-refractivity contribution in [3.63, 3.8) is 0 Å². The number of hydrogen-bond acceptors (Lipinski definition) is 3. The van der Waals surface area contributed by atoms with Gasteiger partial charge in [0.25, 0.3) is 0 Å². The minimum absolute atomic E-state index is 0.366. The molecule has 5 heteroatoms. The number of rotatable bonds is 3. The Kier molecular flexibility index (Phi) is 4.27. The van der Waals surface area contributed by atoms with Crippen LogP contribution in [0.1, 0.15) is 25.0 Å². The van der Waals surface area contributed by atoms with Crippen LogP contribution in [0.5, 0.6) is 0 Å². The van der Waals surface area contributed by atoms with E-state index in [2.05, 4.69) is 4.98 Å². The molecule has 0 N–H and O–H groups in total. The number of aromatic nitrogens is 1. The predicted octanol–water partition coefficient (Wildman–Crippen LogP) is 3.23. The van der Waals surface area contributed by atoms with Crippen molar-refractivity contribution in [3.05, 3.63) is 48.2 Å². The zero-order valence-electron chi connectivity index (χ0n) is 12.7. The lowest BCUT2D eigenvalue weighted by atomic mass is 10.1. The fraction of sp³-hybridized carbons (Fsp3) is 0.353.